The standard InChI is InChI=1S/C11H14ClN3O3S/c1-7(6-18-2)13-11(19)14-10-5-8(15(16)17)3-4-9(10)12/h3-5,7H,6H2,1-2H3,(H2,13,14,19). The second-order valence-corrected chi connectivity index (χ2v) is 4.69. The smallest absolute Gasteiger partial charge is 0.271 e. The lowest BCUT2D eigenvalue weighted by Gasteiger charge is -2.16. The number of benzene rings is 1. The van der Waals surface area contributed by atoms with Crippen molar-refractivity contribution in [1.29, 1.82) is 0 Å². The summed E-state index contributed by atoms with van der Waals surface area (Å²) in [6.45, 7) is 2.39. The number of ether oxygens (including phenoxy) is 1. The van der Waals surface area contributed by atoms with Crippen LogP contribution in [-0.4, -0.2) is 29.8 Å². The number of nitrogens with zero attached hydrogens (tertiary/aromatic N) is 1. The number of nitro benzene ring substituents is 1. The summed E-state index contributed by atoms with van der Waals surface area (Å²) in [5, 5.41) is 17.2. The molecule has 104 valence electrons. The summed E-state index contributed by atoms with van der Waals surface area (Å²) in [5.41, 5.74) is 0.331. The summed E-state index contributed by atoms with van der Waals surface area (Å²) in [5.74, 6) is 0. The quantitative estimate of drug-likeness (QED) is 0.494. The van der Waals surface area contributed by atoms with Gasteiger partial charge in [0.15, 0.2) is 5.11 Å². The van der Waals surface area contributed by atoms with E-state index in [0.717, 1.165) is 0 Å². The number of non-ortho nitro benzene ring substituents is 1. The fourth-order valence-electron chi connectivity index (χ4n) is 1.40. The van der Waals surface area contributed by atoms with E-state index in [1.165, 1.54) is 18.2 Å². The molecular weight excluding hydrogens is 290 g/mol. The Balaban J connectivity index is 2.73. The minimum atomic E-state index is -0.495. The number of methoxy groups -OCH3 is 1. The molecule has 0 saturated carbocycles. The van der Waals surface area contributed by atoms with Crippen LogP contribution in [0, 0.1) is 10.1 Å². The Kier molecular flexibility index (Phi) is 5.94. The van der Waals surface area contributed by atoms with Crippen LogP contribution in [0.15, 0.2) is 18.2 Å². The van der Waals surface area contributed by atoms with Gasteiger partial charge in [0.1, 0.15) is 0 Å². The zero-order valence-electron chi connectivity index (χ0n) is 10.5. The molecule has 0 aliphatic rings. The number of nitro groups is 1. The van der Waals surface area contributed by atoms with Gasteiger partial charge < -0.3 is 15.4 Å². The van der Waals surface area contributed by atoms with Crippen LogP contribution < -0.4 is 10.6 Å². The molecule has 1 atom stereocenters. The highest BCUT2D eigenvalue weighted by Gasteiger charge is 2.11. The summed E-state index contributed by atoms with van der Waals surface area (Å²) in [6.07, 6.45) is 0. The number of thiocarbonyl (C=S) groups is 1. The molecule has 1 rings (SSSR count). The van der Waals surface area contributed by atoms with E-state index in [4.69, 9.17) is 28.6 Å². The molecule has 0 fully saturated rings. The molecule has 0 spiro atoms. The van der Waals surface area contributed by atoms with Crippen molar-refractivity contribution in [2.45, 2.75) is 13.0 Å². The van der Waals surface area contributed by atoms with Crippen LogP contribution in [0.3, 0.4) is 0 Å². The molecule has 0 aliphatic heterocycles. The third-order valence-electron chi connectivity index (χ3n) is 2.20. The van der Waals surface area contributed by atoms with Gasteiger partial charge in [0.05, 0.1) is 22.2 Å². The minimum absolute atomic E-state index is 0.0162. The number of halogens is 1. The Morgan fingerprint density at radius 2 is 2.32 bits per heavy atom. The average Bonchev–Trinajstić information content (AvgIpc) is 2.31. The molecule has 0 amide bonds. The zero-order chi connectivity index (χ0) is 14.4. The van der Waals surface area contributed by atoms with Crippen molar-refractivity contribution in [3.63, 3.8) is 0 Å². The van der Waals surface area contributed by atoms with E-state index in [2.05, 4.69) is 10.6 Å². The topological polar surface area (TPSA) is 76.4 Å². The van der Waals surface area contributed by atoms with Gasteiger partial charge >= 0.3 is 0 Å². The minimum Gasteiger partial charge on any atom is -0.383 e. The summed E-state index contributed by atoms with van der Waals surface area (Å²) >= 11 is 11.0. The lowest BCUT2D eigenvalue weighted by Crippen LogP contribution is -2.38. The van der Waals surface area contributed by atoms with Crippen molar-refractivity contribution in [3.05, 3.63) is 33.3 Å². The van der Waals surface area contributed by atoms with Crippen molar-refractivity contribution in [2.75, 3.05) is 19.0 Å². The van der Waals surface area contributed by atoms with Gasteiger partial charge in [-0.15, -0.1) is 0 Å². The second kappa shape index (κ2) is 7.22. The van der Waals surface area contributed by atoms with Crippen molar-refractivity contribution in [1.82, 2.24) is 5.32 Å². The van der Waals surface area contributed by atoms with Gasteiger partial charge in [-0.25, -0.2) is 0 Å². The third kappa shape index (κ3) is 4.98. The zero-order valence-corrected chi connectivity index (χ0v) is 12.0. The maximum absolute atomic E-state index is 10.7. The van der Waals surface area contributed by atoms with Gasteiger partial charge in [-0.1, -0.05) is 11.6 Å². The lowest BCUT2D eigenvalue weighted by atomic mass is 10.3. The van der Waals surface area contributed by atoms with E-state index in [9.17, 15) is 10.1 Å². The van der Waals surface area contributed by atoms with E-state index in [-0.39, 0.29) is 11.7 Å². The predicted molar refractivity (Wildman–Crippen MR) is 78.8 cm³/mol. The fourth-order valence-corrected chi connectivity index (χ4v) is 1.87. The van der Waals surface area contributed by atoms with E-state index in [0.29, 0.717) is 22.4 Å². The Labute approximate surface area is 121 Å². The van der Waals surface area contributed by atoms with Crippen LogP contribution in [-0.2, 0) is 4.74 Å². The Hall–Kier alpha value is -1.44. The molecule has 1 aromatic carbocycles. The van der Waals surface area contributed by atoms with Crippen molar-refractivity contribution < 1.29 is 9.66 Å². The van der Waals surface area contributed by atoms with Gasteiger partial charge in [-0.2, -0.15) is 0 Å². The highest BCUT2D eigenvalue weighted by Crippen LogP contribution is 2.26. The number of hydrogen-bond donors (Lipinski definition) is 2. The first-order valence-electron chi connectivity index (χ1n) is 5.44. The van der Waals surface area contributed by atoms with Crippen LogP contribution in [0.2, 0.25) is 5.02 Å². The molecule has 6 nitrogen and oxygen atoms in total. The second-order valence-electron chi connectivity index (χ2n) is 3.88. The van der Waals surface area contributed by atoms with Gasteiger partial charge in [0, 0.05) is 25.3 Å². The Morgan fingerprint density at radius 3 is 2.89 bits per heavy atom. The Morgan fingerprint density at radius 1 is 1.63 bits per heavy atom. The molecule has 0 bridgehead atoms. The Bertz CT molecular complexity index is 484. The molecule has 0 radical (unpaired) electrons. The van der Waals surface area contributed by atoms with Crippen molar-refractivity contribution >= 4 is 40.3 Å². The molecule has 19 heavy (non-hydrogen) atoms. The molecule has 0 aromatic heterocycles. The van der Waals surface area contributed by atoms with Gasteiger partial charge in [-0.3, -0.25) is 10.1 Å². The van der Waals surface area contributed by atoms with E-state index < -0.39 is 4.92 Å². The molecule has 0 aliphatic carbocycles. The molecule has 0 saturated heterocycles. The van der Waals surface area contributed by atoms with Crippen LogP contribution in [0.4, 0.5) is 11.4 Å². The molecule has 1 aromatic rings. The maximum Gasteiger partial charge on any atom is 0.271 e. The first-order chi connectivity index (χ1) is 8.93. The number of hydrogen-bond acceptors (Lipinski definition) is 4. The molecule has 0 heterocycles. The SMILES string of the molecule is COCC(C)NC(=S)Nc1cc([N+](=O)[O-])ccc1Cl. The first-order valence-corrected chi connectivity index (χ1v) is 6.23. The summed E-state index contributed by atoms with van der Waals surface area (Å²) < 4.78 is 4.96. The van der Waals surface area contributed by atoms with Gasteiger partial charge in [0.25, 0.3) is 5.69 Å². The van der Waals surface area contributed by atoms with Crippen molar-refractivity contribution in [2.24, 2.45) is 0 Å². The number of rotatable bonds is 5. The highest BCUT2D eigenvalue weighted by molar-refractivity contribution is 7.80. The lowest BCUT2D eigenvalue weighted by molar-refractivity contribution is -0.384. The third-order valence-corrected chi connectivity index (χ3v) is 2.75. The number of anilines is 1. The normalized spacial score (nSPS) is 11.7. The van der Waals surface area contributed by atoms with Crippen molar-refractivity contribution in [3.8, 4) is 0 Å². The predicted octanol–water partition coefficient (Wildman–Crippen LogP) is 2.57. The molecule has 1 unspecified atom stereocenters. The summed E-state index contributed by atoms with van der Waals surface area (Å²) in [4.78, 5) is 10.2. The monoisotopic (exact) mass is 303 g/mol. The molecule has 2 N–H and O–H groups in total. The van der Waals surface area contributed by atoms with Crippen LogP contribution in [0.1, 0.15) is 6.92 Å². The van der Waals surface area contributed by atoms with Gasteiger partial charge in [0.2, 0.25) is 0 Å². The van der Waals surface area contributed by atoms with E-state index in [1.54, 1.807) is 7.11 Å². The van der Waals surface area contributed by atoms with E-state index in [1.807, 2.05) is 6.92 Å². The summed E-state index contributed by atoms with van der Waals surface area (Å²) in [7, 11) is 1.59. The van der Waals surface area contributed by atoms with Crippen LogP contribution in [0.25, 0.3) is 0 Å². The average molecular weight is 304 g/mol. The van der Waals surface area contributed by atoms with Gasteiger partial charge in [-0.05, 0) is 25.2 Å². The molecule has 8 heteroatoms. The first kappa shape index (κ1) is 15.6. The highest BCUT2D eigenvalue weighted by atomic mass is 35.5. The summed E-state index contributed by atoms with van der Waals surface area (Å²) in [6, 6.07) is 4.13. The number of nitrogens with one attached hydrogen (secondary N) is 2. The fraction of sp³-hybridized carbons (Fsp3) is 0.364. The molecular formula is C11H14ClN3O3S. The largest absolute Gasteiger partial charge is 0.383 e. The van der Waals surface area contributed by atoms with Crippen LogP contribution >= 0.6 is 23.8 Å². The van der Waals surface area contributed by atoms with Crippen LogP contribution in [0.5, 0.6) is 0 Å². The maximum atomic E-state index is 10.7. The van der Waals surface area contributed by atoms with E-state index >= 15 is 0 Å².